The van der Waals surface area contributed by atoms with Gasteiger partial charge < -0.3 is 20.1 Å². The number of rotatable bonds is 7. The molecule has 0 aliphatic heterocycles. The van der Waals surface area contributed by atoms with Gasteiger partial charge in [-0.3, -0.25) is 4.79 Å². The average Bonchev–Trinajstić information content (AvgIpc) is 2.72. The van der Waals surface area contributed by atoms with Crippen LogP contribution < -0.4 is 15.4 Å². The van der Waals surface area contributed by atoms with E-state index in [0.717, 1.165) is 25.8 Å². The molecule has 1 unspecified atom stereocenters. The highest BCUT2D eigenvalue weighted by molar-refractivity contribution is 9.11. The molecule has 3 aromatic rings. The SMILES string of the molecule is Cc1cccc(Oc2ccc(NC(=O)C(Cc3cc(Br)cc(Br)c3)NC(=O)OC(C)(C)C)cc2)c1. The summed E-state index contributed by atoms with van der Waals surface area (Å²) >= 11 is 6.93. The van der Waals surface area contributed by atoms with Gasteiger partial charge in [-0.1, -0.05) is 44.0 Å². The molecule has 1 atom stereocenters. The smallest absolute Gasteiger partial charge is 0.408 e. The zero-order valence-electron chi connectivity index (χ0n) is 20.0. The van der Waals surface area contributed by atoms with Gasteiger partial charge in [0.1, 0.15) is 23.1 Å². The van der Waals surface area contributed by atoms with Gasteiger partial charge in [-0.2, -0.15) is 0 Å². The number of halogens is 2. The van der Waals surface area contributed by atoms with Crippen molar-refractivity contribution in [1.29, 1.82) is 0 Å². The minimum atomic E-state index is -0.853. The number of anilines is 1. The first kappa shape index (κ1) is 26.8. The standard InChI is InChI=1S/C27H28Br2N2O4/c1-17-6-5-7-23(12-17)34-22-10-8-21(9-11-22)30-25(32)24(31-26(33)35-27(2,3)4)15-18-13-19(28)16-20(29)14-18/h5-14,16,24H,15H2,1-4H3,(H,30,32)(H,31,33). The number of carbonyl (C=O) groups excluding carboxylic acids is 2. The predicted molar refractivity (Wildman–Crippen MR) is 145 cm³/mol. The van der Waals surface area contributed by atoms with Crippen molar-refractivity contribution in [3.05, 3.63) is 86.8 Å². The first-order valence-electron chi connectivity index (χ1n) is 11.1. The second-order valence-corrected chi connectivity index (χ2v) is 10.9. The van der Waals surface area contributed by atoms with Crippen LogP contribution in [0.15, 0.2) is 75.7 Å². The largest absolute Gasteiger partial charge is 0.457 e. The summed E-state index contributed by atoms with van der Waals surface area (Å²) in [6.07, 6.45) is -0.383. The summed E-state index contributed by atoms with van der Waals surface area (Å²) < 4.78 is 13.0. The average molecular weight is 604 g/mol. The monoisotopic (exact) mass is 602 g/mol. The van der Waals surface area contributed by atoms with Crippen LogP contribution in [0.25, 0.3) is 0 Å². The molecule has 2 N–H and O–H groups in total. The highest BCUT2D eigenvalue weighted by atomic mass is 79.9. The maximum atomic E-state index is 13.2. The lowest BCUT2D eigenvalue weighted by Gasteiger charge is -2.23. The van der Waals surface area contributed by atoms with Crippen LogP contribution in [0.5, 0.6) is 11.5 Å². The van der Waals surface area contributed by atoms with Crippen LogP contribution in [0.4, 0.5) is 10.5 Å². The molecule has 0 saturated carbocycles. The number of benzene rings is 3. The van der Waals surface area contributed by atoms with Gasteiger partial charge >= 0.3 is 6.09 Å². The number of ether oxygens (including phenoxy) is 2. The molecule has 0 aromatic heterocycles. The lowest BCUT2D eigenvalue weighted by Crippen LogP contribution is -2.47. The van der Waals surface area contributed by atoms with Crippen molar-refractivity contribution in [3.8, 4) is 11.5 Å². The van der Waals surface area contributed by atoms with Crippen LogP contribution in [0.3, 0.4) is 0 Å². The van der Waals surface area contributed by atoms with Crippen LogP contribution in [0.1, 0.15) is 31.9 Å². The van der Waals surface area contributed by atoms with Crippen molar-refractivity contribution in [3.63, 3.8) is 0 Å². The molecule has 3 rings (SSSR count). The Hall–Kier alpha value is -2.84. The summed E-state index contributed by atoms with van der Waals surface area (Å²) in [5.41, 5.74) is 1.87. The van der Waals surface area contributed by atoms with Crippen LogP contribution in [-0.4, -0.2) is 23.6 Å². The summed E-state index contributed by atoms with van der Waals surface area (Å²) in [4.78, 5) is 25.6. The first-order chi connectivity index (χ1) is 16.5. The quantitative estimate of drug-likeness (QED) is 0.295. The highest BCUT2D eigenvalue weighted by Gasteiger charge is 2.25. The zero-order chi connectivity index (χ0) is 25.6. The van der Waals surface area contributed by atoms with Crippen LogP contribution >= 0.6 is 31.9 Å². The molecule has 0 saturated heterocycles. The van der Waals surface area contributed by atoms with Crippen molar-refractivity contribution in [2.45, 2.75) is 45.8 Å². The van der Waals surface area contributed by atoms with Gasteiger partial charge in [-0.15, -0.1) is 0 Å². The van der Waals surface area contributed by atoms with Crippen molar-refractivity contribution in [1.82, 2.24) is 5.32 Å². The lowest BCUT2D eigenvalue weighted by atomic mass is 10.1. The van der Waals surface area contributed by atoms with E-state index in [1.165, 1.54) is 0 Å². The second-order valence-electron chi connectivity index (χ2n) is 9.11. The molecule has 35 heavy (non-hydrogen) atoms. The van der Waals surface area contributed by atoms with E-state index in [4.69, 9.17) is 9.47 Å². The summed E-state index contributed by atoms with van der Waals surface area (Å²) in [5.74, 6) is 1.03. The maximum absolute atomic E-state index is 13.2. The van der Waals surface area contributed by atoms with Gasteiger partial charge in [0, 0.05) is 21.1 Å². The van der Waals surface area contributed by atoms with Crippen LogP contribution in [-0.2, 0) is 16.0 Å². The fraction of sp³-hybridized carbons (Fsp3) is 0.259. The Labute approximate surface area is 222 Å². The number of aryl methyl sites for hydroxylation is 1. The van der Waals surface area contributed by atoms with Gasteiger partial charge in [-0.05, 0) is 93.4 Å². The fourth-order valence-corrected chi connectivity index (χ4v) is 4.66. The molecule has 0 spiro atoms. The van der Waals surface area contributed by atoms with E-state index in [0.29, 0.717) is 11.4 Å². The van der Waals surface area contributed by atoms with Crippen molar-refractivity contribution >= 4 is 49.5 Å². The van der Waals surface area contributed by atoms with E-state index in [1.807, 2.05) is 49.4 Å². The van der Waals surface area contributed by atoms with Crippen LogP contribution in [0.2, 0.25) is 0 Å². The summed E-state index contributed by atoms with van der Waals surface area (Å²) in [7, 11) is 0. The summed E-state index contributed by atoms with van der Waals surface area (Å²) in [6.45, 7) is 7.31. The van der Waals surface area contributed by atoms with Gasteiger partial charge in [0.25, 0.3) is 0 Å². The van der Waals surface area contributed by atoms with E-state index in [9.17, 15) is 9.59 Å². The molecule has 0 radical (unpaired) electrons. The number of alkyl carbamates (subject to hydrolysis) is 1. The lowest BCUT2D eigenvalue weighted by molar-refractivity contribution is -0.118. The highest BCUT2D eigenvalue weighted by Crippen LogP contribution is 2.24. The summed E-state index contributed by atoms with van der Waals surface area (Å²) in [6, 6.07) is 19.7. The Morgan fingerprint density at radius 2 is 1.57 bits per heavy atom. The third-order valence-electron chi connectivity index (χ3n) is 4.72. The molecule has 2 amide bonds. The Morgan fingerprint density at radius 3 is 2.17 bits per heavy atom. The molecular weight excluding hydrogens is 576 g/mol. The summed E-state index contributed by atoms with van der Waals surface area (Å²) in [5, 5.41) is 5.57. The third-order valence-corrected chi connectivity index (χ3v) is 5.63. The number of hydrogen-bond donors (Lipinski definition) is 2. The van der Waals surface area contributed by atoms with Crippen molar-refractivity contribution in [2.75, 3.05) is 5.32 Å². The number of amides is 2. The minimum Gasteiger partial charge on any atom is -0.457 e. The molecule has 184 valence electrons. The molecule has 0 heterocycles. The fourth-order valence-electron chi connectivity index (χ4n) is 3.27. The Bertz CT molecular complexity index is 1170. The predicted octanol–water partition coefficient (Wildman–Crippen LogP) is 7.39. The normalized spacial score (nSPS) is 11.9. The van der Waals surface area contributed by atoms with Crippen molar-refractivity contribution in [2.24, 2.45) is 0 Å². The van der Waals surface area contributed by atoms with E-state index in [2.05, 4.69) is 42.5 Å². The molecule has 8 heteroatoms. The van der Waals surface area contributed by atoms with E-state index < -0.39 is 17.7 Å². The molecule has 6 nitrogen and oxygen atoms in total. The van der Waals surface area contributed by atoms with E-state index in [-0.39, 0.29) is 12.3 Å². The number of nitrogens with one attached hydrogen (secondary N) is 2. The molecule has 0 aliphatic rings. The van der Waals surface area contributed by atoms with Crippen molar-refractivity contribution < 1.29 is 19.1 Å². The Balaban J connectivity index is 1.72. The van der Waals surface area contributed by atoms with Gasteiger partial charge in [-0.25, -0.2) is 4.79 Å². The van der Waals surface area contributed by atoms with Crippen LogP contribution in [0, 0.1) is 6.92 Å². The van der Waals surface area contributed by atoms with Gasteiger partial charge in [0.2, 0.25) is 5.91 Å². The molecule has 0 aliphatic carbocycles. The molecule has 0 fully saturated rings. The topological polar surface area (TPSA) is 76.7 Å². The second kappa shape index (κ2) is 11.7. The molecular formula is C27H28Br2N2O4. The zero-order valence-corrected chi connectivity index (χ0v) is 23.2. The Kier molecular flexibility index (Phi) is 8.97. The van der Waals surface area contributed by atoms with Gasteiger partial charge in [0.15, 0.2) is 0 Å². The number of hydrogen-bond acceptors (Lipinski definition) is 4. The Morgan fingerprint density at radius 1 is 0.914 bits per heavy atom. The number of carbonyl (C=O) groups is 2. The third kappa shape index (κ3) is 9.03. The minimum absolute atomic E-state index is 0.275. The van der Waals surface area contributed by atoms with Gasteiger partial charge in [0.05, 0.1) is 0 Å². The molecule has 0 bridgehead atoms. The van der Waals surface area contributed by atoms with E-state index >= 15 is 0 Å². The van der Waals surface area contributed by atoms with E-state index in [1.54, 1.807) is 45.0 Å². The molecule has 3 aromatic carbocycles. The maximum Gasteiger partial charge on any atom is 0.408 e. The first-order valence-corrected chi connectivity index (χ1v) is 12.7.